The highest BCUT2D eigenvalue weighted by Crippen LogP contribution is 2.27. The second-order valence-corrected chi connectivity index (χ2v) is 5.90. The quantitative estimate of drug-likeness (QED) is 0.796. The van der Waals surface area contributed by atoms with Gasteiger partial charge in [0.05, 0.1) is 12.1 Å². The molecule has 1 N–H and O–H groups in total. The summed E-state index contributed by atoms with van der Waals surface area (Å²) < 4.78 is 12.7. The monoisotopic (exact) mass is 326 g/mol. The molecule has 0 radical (unpaired) electrons. The Morgan fingerprint density at radius 1 is 1.42 bits per heavy atom. The molecule has 7 nitrogen and oxygen atoms in total. The van der Waals surface area contributed by atoms with E-state index in [2.05, 4.69) is 15.5 Å². The van der Waals surface area contributed by atoms with Gasteiger partial charge in [-0.15, -0.1) is 0 Å². The van der Waals surface area contributed by atoms with Gasteiger partial charge < -0.3 is 19.1 Å². The summed E-state index contributed by atoms with van der Waals surface area (Å²) in [5, 5.41) is 7.68. The number of nitrogens with zero attached hydrogens (tertiary/aromatic N) is 3. The third-order valence-corrected chi connectivity index (χ3v) is 4.24. The molecule has 1 amide bonds. The van der Waals surface area contributed by atoms with Crippen LogP contribution >= 0.6 is 0 Å². The number of carbonyl (C=O) groups is 1. The Bertz CT molecular complexity index is 877. The molecule has 3 heterocycles. The number of hydrogen-bond donors (Lipinski definition) is 1. The van der Waals surface area contributed by atoms with E-state index in [0.717, 1.165) is 30.4 Å². The second-order valence-electron chi connectivity index (χ2n) is 5.90. The number of fused-ring (bicyclic) bond motifs is 1. The van der Waals surface area contributed by atoms with Crippen LogP contribution in [0.4, 0.5) is 0 Å². The van der Waals surface area contributed by atoms with Crippen LogP contribution in [0.3, 0.4) is 0 Å². The van der Waals surface area contributed by atoms with Crippen molar-refractivity contribution in [2.24, 2.45) is 7.05 Å². The molecule has 1 aliphatic rings. The summed E-state index contributed by atoms with van der Waals surface area (Å²) in [6.07, 6.45) is 3.61. The van der Waals surface area contributed by atoms with E-state index in [1.807, 2.05) is 42.1 Å². The summed E-state index contributed by atoms with van der Waals surface area (Å²) in [5.41, 5.74) is 1.65. The Kier molecular flexibility index (Phi) is 3.78. The van der Waals surface area contributed by atoms with Gasteiger partial charge in [-0.3, -0.25) is 4.79 Å². The van der Waals surface area contributed by atoms with Crippen molar-refractivity contribution in [3.63, 3.8) is 0 Å². The third-order valence-electron chi connectivity index (χ3n) is 4.24. The average Bonchev–Trinajstić information content (AvgIpc) is 3.33. The molecule has 4 rings (SSSR count). The molecule has 24 heavy (non-hydrogen) atoms. The predicted octanol–water partition coefficient (Wildman–Crippen LogP) is 2.34. The van der Waals surface area contributed by atoms with Crippen LogP contribution in [-0.2, 0) is 18.3 Å². The van der Waals surface area contributed by atoms with Crippen molar-refractivity contribution in [1.29, 1.82) is 0 Å². The van der Waals surface area contributed by atoms with Crippen molar-refractivity contribution in [1.82, 2.24) is 20.0 Å². The van der Waals surface area contributed by atoms with Crippen LogP contribution in [0.5, 0.6) is 0 Å². The van der Waals surface area contributed by atoms with Gasteiger partial charge in [-0.2, -0.15) is 4.98 Å². The van der Waals surface area contributed by atoms with Crippen LogP contribution in [-0.4, -0.2) is 27.2 Å². The van der Waals surface area contributed by atoms with Gasteiger partial charge in [0.2, 0.25) is 0 Å². The van der Waals surface area contributed by atoms with Gasteiger partial charge in [0.25, 0.3) is 11.8 Å². The topological polar surface area (TPSA) is 82.2 Å². The van der Waals surface area contributed by atoms with Crippen LogP contribution in [0.25, 0.3) is 10.9 Å². The number of carbonyl (C=O) groups excluding carboxylic acids is 1. The number of ether oxygens (including phenoxy) is 1. The van der Waals surface area contributed by atoms with Crippen molar-refractivity contribution < 1.29 is 14.1 Å². The molecule has 1 atom stereocenters. The maximum absolute atomic E-state index is 12.5. The smallest absolute Gasteiger partial charge is 0.255 e. The van der Waals surface area contributed by atoms with Gasteiger partial charge in [0, 0.05) is 30.8 Å². The van der Waals surface area contributed by atoms with Gasteiger partial charge in [-0.1, -0.05) is 23.4 Å². The highest BCUT2D eigenvalue weighted by Gasteiger charge is 2.24. The molecule has 124 valence electrons. The van der Waals surface area contributed by atoms with Crippen LogP contribution in [0, 0.1) is 0 Å². The number of amides is 1. The van der Waals surface area contributed by atoms with Crippen LogP contribution in [0.15, 0.2) is 35.0 Å². The van der Waals surface area contributed by atoms with Crippen molar-refractivity contribution in [3.05, 3.63) is 47.7 Å². The minimum Gasteiger partial charge on any atom is -0.368 e. The van der Waals surface area contributed by atoms with Crippen molar-refractivity contribution >= 4 is 16.8 Å². The number of nitrogens with one attached hydrogen (secondary N) is 1. The molecule has 0 saturated carbocycles. The maximum Gasteiger partial charge on any atom is 0.255 e. The Labute approximate surface area is 138 Å². The molecule has 1 saturated heterocycles. The third kappa shape index (κ3) is 2.67. The SMILES string of the molecule is Cn1cc(C(=O)NCc2noc([C@@H]3CCCO3)n2)c2ccccc21. The summed E-state index contributed by atoms with van der Waals surface area (Å²) in [6.45, 7) is 0.943. The molecule has 1 aliphatic heterocycles. The van der Waals surface area contributed by atoms with Crippen LogP contribution in [0.2, 0.25) is 0 Å². The number of aryl methyl sites for hydroxylation is 1. The van der Waals surface area contributed by atoms with Gasteiger partial charge in [0.1, 0.15) is 6.10 Å². The van der Waals surface area contributed by atoms with E-state index < -0.39 is 0 Å². The van der Waals surface area contributed by atoms with Crippen molar-refractivity contribution in [2.75, 3.05) is 6.61 Å². The minimum absolute atomic E-state index is 0.111. The molecule has 7 heteroatoms. The van der Waals surface area contributed by atoms with Gasteiger partial charge >= 0.3 is 0 Å². The number of benzene rings is 1. The number of aromatic nitrogens is 3. The zero-order chi connectivity index (χ0) is 16.5. The summed E-state index contributed by atoms with van der Waals surface area (Å²) in [5.74, 6) is 0.784. The molecule has 0 spiro atoms. The Balaban J connectivity index is 1.46. The summed E-state index contributed by atoms with van der Waals surface area (Å²) >= 11 is 0. The zero-order valence-corrected chi connectivity index (χ0v) is 13.4. The summed E-state index contributed by atoms with van der Waals surface area (Å²) in [4.78, 5) is 16.8. The minimum atomic E-state index is -0.157. The molecular weight excluding hydrogens is 308 g/mol. The fourth-order valence-electron chi connectivity index (χ4n) is 3.02. The van der Waals surface area contributed by atoms with Crippen LogP contribution < -0.4 is 5.32 Å². The van der Waals surface area contributed by atoms with Crippen molar-refractivity contribution in [3.8, 4) is 0 Å². The Morgan fingerprint density at radius 2 is 2.29 bits per heavy atom. The first-order valence-electron chi connectivity index (χ1n) is 7.99. The maximum atomic E-state index is 12.5. The fourth-order valence-corrected chi connectivity index (χ4v) is 3.02. The van der Waals surface area contributed by atoms with E-state index >= 15 is 0 Å². The van der Waals surface area contributed by atoms with E-state index in [1.165, 1.54) is 0 Å². The van der Waals surface area contributed by atoms with Gasteiger partial charge in [-0.25, -0.2) is 0 Å². The highest BCUT2D eigenvalue weighted by atomic mass is 16.5. The number of para-hydroxylation sites is 1. The van der Waals surface area contributed by atoms with E-state index in [-0.39, 0.29) is 18.6 Å². The Hall–Kier alpha value is -2.67. The fraction of sp³-hybridized carbons (Fsp3) is 0.353. The first-order valence-corrected chi connectivity index (χ1v) is 7.99. The molecule has 1 fully saturated rings. The Morgan fingerprint density at radius 3 is 3.12 bits per heavy atom. The standard InChI is InChI=1S/C17H18N4O3/c1-21-10-12(11-5-2-3-6-13(11)21)16(22)18-9-15-19-17(24-20-15)14-7-4-8-23-14/h2-3,5-6,10,14H,4,7-9H2,1H3,(H,18,22)/t14-/m0/s1. The second kappa shape index (κ2) is 6.09. The first-order chi connectivity index (χ1) is 11.7. The molecule has 2 aromatic heterocycles. The molecule has 3 aromatic rings. The number of hydrogen-bond acceptors (Lipinski definition) is 5. The molecule has 0 unspecified atom stereocenters. The molecule has 0 bridgehead atoms. The van der Waals surface area contributed by atoms with E-state index in [9.17, 15) is 4.79 Å². The van der Waals surface area contributed by atoms with Gasteiger partial charge in [0.15, 0.2) is 5.82 Å². The largest absolute Gasteiger partial charge is 0.368 e. The van der Waals surface area contributed by atoms with Crippen LogP contribution in [0.1, 0.15) is 41.0 Å². The average molecular weight is 326 g/mol. The van der Waals surface area contributed by atoms with E-state index in [1.54, 1.807) is 0 Å². The van der Waals surface area contributed by atoms with Gasteiger partial charge in [-0.05, 0) is 18.9 Å². The summed E-state index contributed by atoms with van der Waals surface area (Å²) in [6, 6.07) is 7.80. The lowest BCUT2D eigenvalue weighted by molar-refractivity contribution is 0.0835. The first kappa shape index (κ1) is 14.9. The highest BCUT2D eigenvalue weighted by molar-refractivity contribution is 6.06. The lowest BCUT2D eigenvalue weighted by Gasteiger charge is -2.01. The molecular formula is C17H18N4O3. The van der Waals surface area contributed by atoms with E-state index in [0.29, 0.717) is 17.3 Å². The normalized spacial score (nSPS) is 17.5. The zero-order valence-electron chi connectivity index (χ0n) is 13.4. The molecule has 1 aromatic carbocycles. The summed E-state index contributed by atoms with van der Waals surface area (Å²) in [7, 11) is 1.92. The predicted molar refractivity (Wildman–Crippen MR) is 86.3 cm³/mol. The van der Waals surface area contributed by atoms with E-state index in [4.69, 9.17) is 9.26 Å². The van der Waals surface area contributed by atoms with Crippen molar-refractivity contribution in [2.45, 2.75) is 25.5 Å². The number of rotatable bonds is 4. The lowest BCUT2D eigenvalue weighted by atomic mass is 10.1. The lowest BCUT2D eigenvalue weighted by Crippen LogP contribution is -2.23. The molecule has 0 aliphatic carbocycles.